The molecule has 1 N–H and O–H groups in total. The maximum absolute atomic E-state index is 12.1. The average molecular weight is 377 g/mol. The van der Waals surface area contributed by atoms with Crippen LogP contribution < -0.4 is 19.6 Å². The molecule has 7 heteroatoms. The second-order valence-electron chi connectivity index (χ2n) is 4.65. The number of fused-ring (bicyclic) bond motifs is 1. The topological polar surface area (TPSA) is 69.2 Å². The number of rotatable bonds is 4. The van der Waals surface area contributed by atoms with E-state index in [9.17, 15) is 4.79 Å². The Bertz CT molecular complexity index is 777. The standard InChI is InChI=1S/C16H13BrN2O4/c1-21-13-5-3-12(17)6-11(13)8-18-19-16(20)10-2-4-14-15(7-10)23-9-22-14/h2-8H,9H2,1H3,(H,19,20)/b18-8+. The average Bonchev–Trinajstić information content (AvgIpc) is 3.02. The van der Waals surface area contributed by atoms with E-state index in [1.54, 1.807) is 25.3 Å². The number of methoxy groups -OCH3 is 1. The minimum Gasteiger partial charge on any atom is -0.496 e. The molecule has 3 rings (SSSR count). The molecule has 0 atom stereocenters. The predicted octanol–water partition coefficient (Wildman–Crippen LogP) is 2.95. The highest BCUT2D eigenvalue weighted by molar-refractivity contribution is 9.10. The molecule has 118 valence electrons. The van der Waals surface area contributed by atoms with Gasteiger partial charge in [0.05, 0.1) is 13.3 Å². The predicted molar refractivity (Wildman–Crippen MR) is 88.3 cm³/mol. The molecule has 2 aromatic rings. The summed E-state index contributed by atoms with van der Waals surface area (Å²) in [7, 11) is 1.58. The summed E-state index contributed by atoms with van der Waals surface area (Å²) in [5, 5.41) is 3.96. The zero-order valence-electron chi connectivity index (χ0n) is 12.2. The van der Waals surface area contributed by atoms with E-state index in [0.717, 1.165) is 10.0 Å². The van der Waals surface area contributed by atoms with Crippen molar-refractivity contribution in [3.05, 3.63) is 52.0 Å². The van der Waals surface area contributed by atoms with Crippen LogP contribution in [0.5, 0.6) is 17.2 Å². The van der Waals surface area contributed by atoms with E-state index in [4.69, 9.17) is 14.2 Å². The third-order valence-corrected chi connectivity index (χ3v) is 3.69. The van der Waals surface area contributed by atoms with Crippen LogP contribution in [0.1, 0.15) is 15.9 Å². The van der Waals surface area contributed by atoms with Crippen LogP contribution in [0.3, 0.4) is 0 Å². The molecule has 6 nitrogen and oxygen atoms in total. The van der Waals surface area contributed by atoms with Gasteiger partial charge in [0.25, 0.3) is 5.91 Å². The van der Waals surface area contributed by atoms with Gasteiger partial charge in [-0.05, 0) is 36.4 Å². The normalized spacial score (nSPS) is 12.4. The molecule has 23 heavy (non-hydrogen) atoms. The molecule has 0 saturated heterocycles. The molecule has 1 aliphatic heterocycles. The van der Waals surface area contributed by atoms with Gasteiger partial charge in [-0.15, -0.1) is 0 Å². The van der Waals surface area contributed by atoms with Gasteiger partial charge in [0.15, 0.2) is 11.5 Å². The van der Waals surface area contributed by atoms with Gasteiger partial charge in [0.2, 0.25) is 6.79 Å². The van der Waals surface area contributed by atoms with E-state index >= 15 is 0 Å². The first-order chi connectivity index (χ1) is 11.2. The maximum atomic E-state index is 12.1. The molecule has 0 unspecified atom stereocenters. The van der Waals surface area contributed by atoms with Crippen molar-refractivity contribution in [1.82, 2.24) is 5.43 Å². The van der Waals surface area contributed by atoms with Crippen LogP contribution in [-0.2, 0) is 0 Å². The number of carbonyl (C=O) groups excluding carboxylic acids is 1. The van der Waals surface area contributed by atoms with E-state index in [2.05, 4.69) is 26.5 Å². The quantitative estimate of drug-likeness (QED) is 0.657. The van der Waals surface area contributed by atoms with Crippen LogP contribution in [0.4, 0.5) is 0 Å². The van der Waals surface area contributed by atoms with Gasteiger partial charge < -0.3 is 14.2 Å². The Morgan fingerprint density at radius 2 is 2.09 bits per heavy atom. The summed E-state index contributed by atoms with van der Waals surface area (Å²) in [6.07, 6.45) is 1.52. The molecule has 1 aliphatic rings. The highest BCUT2D eigenvalue weighted by Gasteiger charge is 2.15. The summed E-state index contributed by atoms with van der Waals surface area (Å²) in [5.74, 6) is 1.50. The zero-order valence-corrected chi connectivity index (χ0v) is 13.8. The van der Waals surface area contributed by atoms with Crippen LogP contribution >= 0.6 is 15.9 Å². The third kappa shape index (κ3) is 3.45. The van der Waals surface area contributed by atoms with Gasteiger partial charge in [0, 0.05) is 15.6 Å². The monoisotopic (exact) mass is 376 g/mol. The lowest BCUT2D eigenvalue weighted by atomic mass is 10.2. The Kier molecular flexibility index (Phi) is 4.47. The van der Waals surface area contributed by atoms with Crippen LogP contribution in [0, 0.1) is 0 Å². The molecule has 0 bridgehead atoms. The van der Waals surface area contributed by atoms with Gasteiger partial charge >= 0.3 is 0 Å². The van der Waals surface area contributed by atoms with Crippen molar-refractivity contribution in [1.29, 1.82) is 0 Å². The van der Waals surface area contributed by atoms with Crippen molar-refractivity contribution in [3.8, 4) is 17.2 Å². The summed E-state index contributed by atoms with van der Waals surface area (Å²) < 4.78 is 16.6. The Morgan fingerprint density at radius 1 is 1.26 bits per heavy atom. The van der Waals surface area contributed by atoms with Crippen molar-refractivity contribution < 1.29 is 19.0 Å². The molecule has 1 heterocycles. The van der Waals surface area contributed by atoms with Gasteiger partial charge in [-0.3, -0.25) is 4.79 Å². The second kappa shape index (κ2) is 6.70. The molecular weight excluding hydrogens is 364 g/mol. The first-order valence-corrected chi connectivity index (χ1v) is 7.53. The Morgan fingerprint density at radius 3 is 2.91 bits per heavy atom. The van der Waals surface area contributed by atoms with E-state index in [-0.39, 0.29) is 12.7 Å². The van der Waals surface area contributed by atoms with E-state index < -0.39 is 0 Å². The molecule has 0 aliphatic carbocycles. The number of hydrogen-bond acceptors (Lipinski definition) is 5. The van der Waals surface area contributed by atoms with Crippen molar-refractivity contribution in [3.63, 3.8) is 0 Å². The summed E-state index contributed by atoms with van der Waals surface area (Å²) in [6.45, 7) is 0.168. The Hall–Kier alpha value is -2.54. The fraction of sp³-hybridized carbons (Fsp3) is 0.125. The Balaban J connectivity index is 1.70. The first-order valence-electron chi connectivity index (χ1n) is 6.74. The van der Waals surface area contributed by atoms with Crippen molar-refractivity contribution in [2.24, 2.45) is 5.10 Å². The highest BCUT2D eigenvalue weighted by Crippen LogP contribution is 2.32. The second-order valence-corrected chi connectivity index (χ2v) is 5.57. The maximum Gasteiger partial charge on any atom is 0.271 e. The lowest BCUT2D eigenvalue weighted by Gasteiger charge is -2.05. The third-order valence-electron chi connectivity index (χ3n) is 3.20. The lowest BCUT2D eigenvalue weighted by Crippen LogP contribution is -2.17. The molecule has 0 radical (unpaired) electrons. The largest absolute Gasteiger partial charge is 0.496 e. The summed E-state index contributed by atoms with van der Waals surface area (Å²) >= 11 is 3.38. The number of halogens is 1. The van der Waals surface area contributed by atoms with Crippen molar-refractivity contribution >= 4 is 28.1 Å². The lowest BCUT2D eigenvalue weighted by molar-refractivity contribution is 0.0954. The SMILES string of the molecule is COc1ccc(Br)cc1/C=N/NC(=O)c1ccc2c(c1)OCO2. The zero-order chi connectivity index (χ0) is 16.2. The van der Waals surface area contributed by atoms with Gasteiger partial charge in [-0.25, -0.2) is 5.43 Å². The fourth-order valence-corrected chi connectivity index (χ4v) is 2.45. The van der Waals surface area contributed by atoms with Crippen LogP contribution in [-0.4, -0.2) is 26.0 Å². The summed E-state index contributed by atoms with van der Waals surface area (Å²) in [5.41, 5.74) is 3.65. The van der Waals surface area contributed by atoms with Gasteiger partial charge in [-0.1, -0.05) is 15.9 Å². The highest BCUT2D eigenvalue weighted by atomic mass is 79.9. The number of amides is 1. The first kappa shape index (κ1) is 15.4. The fourth-order valence-electron chi connectivity index (χ4n) is 2.07. The van der Waals surface area contributed by atoms with Crippen LogP contribution in [0.25, 0.3) is 0 Å². The molecular formula is C16H13BrN2O4. The minimum absolute atomic E-state index is 0.168. The molecule has 0 aromatic heterocycles. The smallest absolute Gasteiger partial charge is 0.271 e. The van der Waals surface area contributed by atoms with E-state index in [1.165, 1.54) is 6.21 Å². The molecule has 0 saturated carbocycles. The summed E-state index contributed by atoms with van der Waals surface area (Å²) in [4.78, 5) is 12.1. The van der Waals surface area contributed by atoms with Crippen molar-refractivity contribution in [2.75, 3.05) is 13.9 Å². The van der Waals surface area contributed by atoms with Crippen molar-refractivity contribution in [2.45, 2.75) is 0 Å². The number of carbonyl (C=O) groups is 1. The minimum atomic E-state index is -0.339. The number of nitrogens with one attached hydrogen (secondary N) is 1. The van der Waals surface area contributed by atoms with E-state index in [1.807, 2.05) is 18.2 Å². The summed E-state index contributed by atoms with van der Waals surface area (Å²) in [6, 6.07) is 10.5. The molecule has 0 spiro atoms. The Labute approximate surface area is 141 Å². The van der Waals surface area contributed by atoms with Gasteiger partial charge in [0.1, 0.15) is 5.75 Å². The van der Waals surface area contributed by atoms with Crippen LogP contribution in [0.15, 0.2) is 46.0 Å². The number of hydrogen-bond donors (Lipinski definition) is 1. The number of hydrazone groups is 1. The molecule has 1 amide bonds. The van der Waals surface area contributed by atoms with Gasteiger partial charge in [-0.2, -0.15) is 5.10 Å². The number of nitrogens with zero attached hydrogens (tertiary/aromatic N) is 1. The number of ether oxygens (including phenoxy) is 3. The molecule has 0 fully saturated rings. The number of benzene rings is 2. The molecule has 2 aromatic carbocycles. The van der Waals surface area contributed by atoms with E-state index in [0.29, 0.717) is 22.8 Å². The van der Waals surface area contributed by atoms with Crippen LogP contribution in [0.2, 0.25) is 0 Å².